The second-order valence-electron chi connectivity index (χ2n) is 5.72. The number of ketones is 1. The van der Waals surface area contributed by atoms with Crippen molar-refractivity contribution in [3.05, 3.63) is 45.1 Å². The van der Waals surface area contributed by atoms with Crippen LogP contribution in [0.5, 0.6) is 11.5 Å². The number of nitrogens with one attached hydrogen (secondary N) is 1. The van der Waals surface area contributed by atoms with Gasteiger partial charge in [-0.25, -0.2) is 0 Å². The third kappa shape index (κ3) is 4.42. The molecule has 3 N–H and O–H groups in total. The summed E-state index contributed by atoms with van der Waals surface area (Å²) >= 11 is 3.37. The quantitative estimate of drug-likeness (QED) is 0.492. The zero-order valence-electron chi connectivity index (χ0n) is 15.7. The van der Waals surface area contributed by atoms with E-state index in [0.29, 0.717) is 21.5 Å². The van der Waals surface area contributed by atoms with Crippen molar-refractivity contribution in [2.45, 2.75) is 13.8 Å². The highest BCUT2D eigenvalue weighted by Gasteiger charge is 2.25. The van der Waals surface area contributed by atoms with Gasteiger partial charge in [0.2, 0.25) is 5.88 Å². The van der Waals surface area contributed by atoms with E-state index in [-0.39, 0.29) is 28.6 Å². The van der Waals surface area contributed by atoms with Crippen molar-refractivity contribution in [3.63, 3.8) is 0 Å². The first kappa shape index (κ1) is 21.2. The molecule has 0 aliphatic heterocycles. The Kier molecular flexibility index (Phi) is 6.63. The lowest BCUT2D eigenvalue weighted by Gasteiger charge is -2.10. The number of aryl methyl sites for hydroxylation is 1. The van der Waals surface area contributed by atoms with Crippen molar-refractivity contribution >= 4 is 45.5 Å². The van der Waals surface area contributed by atoms with E-state index in [1.54, 1.807) is 12.1 Å². The number of carbonyl (C=O) groups is 3. The fourth-order valence-corrected chi connectivity index (χ4v) is 3.27. The van der Waals surface area contributed by atoms with Gasteiger partial charge in [0.25, 0.3) is 11.8 Å². The molecule has 0 spiro atoms. The minimum Gasteiger partial charge on any atom is -0.493 e. The molecular weight excluding hydrogens is 432 g/mol. The second kappa shape index (κ2) is 8.75. The molecule has 0 aliphatic carbocycles. The van der Waals surface area contributed by atoms with Gasteiger partial charge >= 0.3 is 0 Å². The molecular formula is C19H19BrN2O6. The molecule has 0 unspecified atom stereocenters. The predicted molar refractivity (Wildman–Crippen MR) is 107 cm³/mol. The van der Waals surface area contributed by atoms with Gasteiger partial charge in [0.15, 0.2) is 17.3 Å². The molecule has 2 rings (SSSR count). The third-order valence-corrected chi connectivity index (χ3v) is 4.39. The number of primary amides is 1. The second-order valence-corrected chi connectivity index (χ2v) is 6.57. The van der Waals surface area contributed by atoms with Gasteiger partial charge in [0, 0.05) is 6.08 Å². The number of hydrogen-bond donors (Lipinski definition) is 2. The highest BCUT2D eigenvalue weighted by atomic mass is 79.9. The zero-order valence-corrected chi connectivity index (χ0v) is 17.3. The molecule has 2 amide bonds. The number of furan rings is 1. The lowest BCUT2D eigenvalue weighted by Crippen LogP contribution is -2.18. The normalized spacial score (nSPS) is 10.8. The molecule has 0 radical (unpaired) electrons. The van der Waals surface area contributed by atoms with Crippen LogP contribution in [-0.2, 0) is 4.79 Å². The Hall–Kier alpha value is -3.07. The topological polar surface area (TPSA) is 121 Å². The largest absolute Gasteiger partial charge is 0.493 e. The van der Waals surface area contributed by atoms with E-state index in [1.165, 1.54) is 40.2 Å². The highest BCUT2D eigenvalue weighted by Crippen LogP contribution is 2.36. The minimum absolute atomic E-state index is 0.0515. The molecule has 1 heterocycles. The Morgan fingerprint density at radius 1 is 1.18 bits per heavy atom. The van der Waals surface area contributed by atoms with Gasteiger partial charge in [0.05, 0.1) is 24.3 Å². The highest BCUT2D eigenvalue weighted by molar-refractivity contribution is 9.10. The summed E-state index contributed by atoms with van der Waals surface area (Å²) in [4.78, 5) is 35.7. The number of nitrogens with two attached hydrogens (primary N) is 1. The molecule has 0 aliphatic rings. The number of methoxy groups -OCH3 is 2. The monoisotopic (exact) mass is 450 g/mol. The van der Waals surface area contributed by atoms with Crippen LogP contribution < -0.4 is 20.5 Å². The van der Waals surface area contributed by atoms with Crippen LogP contribution in [0, 0.1) is 6.92 Å². The number of ether oxygens (including phenoxy) is 2. The minimum atomic E-state index is -0.870. The summed E-state index contributed by atoms with van der Waals surface area (Å²) < 4.78 is 16.5. The van der Waals surface area contributed by atoms with Crippen molar-refractivity contribution in [2.24, 2.45) is 5.73 Å². The van der Waals surface area contributed by atoms with Gasteiger partial charge in [-0.15, -0.1) is 0 Å². The number of hydrogen-bond acceptors (Lipinski definition) is 6. The smallest absolute Gasteiger partial charge is 0.255 e. The van der Waals surface area contributed by atoms with Crippen LogP contribution in [0.1, 0.15) is 39.0 Å². The maximum atomic E-state index is 12.3. The summed E-state index contributed by atoms with van der Waals surface area (Å²) in [6.45, 7) is 2.79. The van der Waals surface area contributed by atoms with Gasteiger partial charge in [-0.2, -0.15) is 0 Å². The van der Waals surface area contributed by atoms with Crippen molar-refractivity contribution in [2.75, 3.05) is 19.5 Å². The standard InChI is InChI=1S/C19H19BrN2O6/c1-9(23)15-10(2)28-19(16(15)18(21)25)22-14(24)6-5-11-7-12(20)17(27-4)13(8-11)26-3/h5-8H,1-4H3,(H2,21,25)(H,22,24)/b6-5+. The van der Waals surface area contributed by atoms with E-state index in [4.69, 9.17) is 19.6 Å². The van der Waals surface area contributed by atoms with E-state index in [1.807, 2.05) is 0 Å². The number of Topliss-reactive ketones (excluding diaryl/α,β-unsaturated/α-hetero) is 1. The fraction of sp³-hybridized carbons (Fsp3) is 0.211. The summed E-state index contributed by atoms with van der Waals surface area (Å²) in [5.41, 5.74) is 5.89. The molecule has 1 aromatic heterocycles. The molecule has 0 saturated carbocycles. The maximum absolute atomic E-state index is 12.3. The molecule has 0 atom stereocenters. The molecule has 9 heteroatoms. The average molecular weight is 451 g/mol. The van der Waals surface area contributed by atoms with E-state index >= 15 is 0 Å². The molecule has 0 saturated heterocycles. The van der Waals surface area contributed by atoms with Crippen LogP contribution in [0.2, 0.25) is 0 Å². The van der Waals surface area contributed by atoms with Gasteiger partial charge < -0.3 is 19.6 Å². The summed E-state index contributed by atoms with van der Waals surface area (Å²) in [6, 6.07) is 3.43. The first-order valence-corrected chi connectivity index (χ1v) is 8.83. The fourth-order valence-electron chi connectivity index (χ4n) is 2.65. The lowest BCUT2D eigenvalue weighted by molar-refractivity contribution is -0.111. The van der Waals surface area contributed by atoms with Gasteiger partial charge in [-0.05, 0) is 53.5 Å². The first-order valence-electron chi connectivity index (χ1n) is 8.04. The van der Waals surface area contributed by atoms with Crippen LogP contribution in [-0.4, -0.2) is 31.8 Å². The lowest BCUT2D eigenvalue weighted by atomic mass is 10.1. The molecule has 28 heavy (non-hydrogen) atoms. The summed E-state index contributed by atoms with van der Waals surface area (Å²) in [5, 5.41) is 2.43. The Balaban J connectivity index is 2.28. The number of halogens is 1. The van der Waals surface area contributed by atoms with E-state index in [2.05, 4.69) is 21.2 Å². The predicted octanol–water partition coefficient (Wildman–Crippen LogP) is 3.32. The molecule has 2 aromatic rings. The van der Waals surface area contributed by atoms with Gasteiger partial charge in [0.1, 0.15) is 11.3 Å². The van der Waals surface area contributed by atoms with Crippen molar-refractivity contribution < 1.29 is 28.3 Å². The van der Waals surface area contributed by atoms with Crippen LogP contribution >= 0.6 is 15.9 Å². The molecule has 1 aromatic carbocycles. The zero-order chi connectivity index (χ0) is 21.0. The van der Waals surface area contributed by atoms with E-state index < -0.39 is 11.8 Å². The van der Waals surface area contributed by atoms with Gasteiger partial charge in [-0.1, -0.05) is 0 Å². The molecule has 148 valence electrons. The van der Waals surface area contributed by atoms with E-state index in [9.17, 15) is 14.4 Å². The summed E-state index contributed by atoms with van der Waals surface area (Å²) in [5.74, 6) is -0.787. The molecule has 0 bridgehead atoms. The Labute approximate surface area is 169 Å². The van der Waals surface area contributed by atoms with Crippen molar-refractivity contribution in [3.8, 4) is 11.5 Å². The average Bonchev–Trinajstić information content (AvgIpc) is 2.95. The van der Waals surface area contributed by atoms with Crippen molar-refractivity contribution in [1.82, 2.24) is 0 Å². The van der Waals surface area contributed by atoms with Gasteiger partial charge in [-0.3, -0.25) is 19.7 Å². The number of benzene rings is 1. The number of rotatable bonds is 7. The number of amides is 2. The number of anilines is 1. The van der Waals surface area contributed by atoms with Crippen LogP contribution in [0.15, 0.2) is 27.1 Å². The maximum Gasteiger partial charge on any atom is 0.255 e. The summed E-state index contributed by atoms with van der Waals surface area (Å²) in [7, 11) is 3.02. The van der Waals surface area contributed by atoms with E-state index in [0.717, 1.165) is 0 Å². The Morgan fingerprint density at radius 2 is 1.86 bits per heavy atom. The van der Waals surface area contributed by atoms with Crippen molar-refractivity contribution in [1.29, 1.82) is 0 Å². The number of carbonyl (C=O) groups excluding carboxylic acids is 3. The molecule has 8 nitrogen and oxygen atoms in total. The Bertz CT molecular complexity index is 977. The first-order chi connectivity index (χ1) is 13.2. The van der Waals surface area contributed by atoms with Crippen LogP contribution in [0.25, 0.3) is 6.08 Å². The SMILES string of the molecule is COc1cc(/C=C/C(=O)Nc2oc(C)c(C(C)=O)c2C(N)=O)cc(Br)c1OC. The van der Waals surface area contributed by atoms with Crippen LogP contribution in [0.4, 0.5) is 5.88 Å². The Morgan fingerprint density at radius 3 is 2.39 bits per heavy atom. The molecule has 0 fully saturated rings. The summed E-state index contributed by atoms with van der Waals surface area (Å²) in [6.07, 6.45) is 2.78. The van der Waals surface area contributed by atoms with Crippen LogP contribution in [0.3, 0.4) is 0 Å². The third-order valence-electron chi connectivity index (χ3n) is 3.80.